The zero-order chi connectivity index (χ0) is 53.8. The molecule has 2 N–H and O–H groups in total. The van der Waals surface area contributed by atoms with Crippen LogP contribution >= 0.6 is 8.53 Å². The van der Waals surface area contributed by atoms with E-state index in [9.17, 15) is 10.1 Å². The van der Waals surface area contributed by atoms with Gasteiger partial charge >= 0.3 is 0 Å². The molecule has 1 saturated heterocycles. The van der Waals surface area contributed by atoms with Crippen molar-refractivity contribution in [3.05, 3.63) is 178 Å². The molecular formula is C63H65N6O7P. The van der Waals surface area contributed by atoms with Crippen LogP contribution in [0.5, 0.6) is 11.5 Å². The largest absolute Gasteiger partial charge is 0.497 e. The maximum atomic E-state index is 14.5. The van der Waals surface area contributed by atoms with Crippen LogP contribution in [0.2, 0.25) is 0 Å². The summed E-state index contributed by atoms with van der Waals surface area (Å²) in [6.07, 6.45) is 0.401. The van der Waals surface area contributed by atoms with E-state index in [1.165, 1.54) is 16.2 Å². The summed E-state index contributed by atoms with van der Waals surface area (Å²) < 4.78 is 44.0. The first-order valence-electron chi connectivity index (χ1n) is 26.4. The van der Waals surface area contributed by atoms with Gasteiger partial charge in [-0.3, -0.25) is 9.78 Å². The number of nitriles is 1. The fourth-order valence-electron chi connectivity index (χ4n) is 10.7. The second-order valence-corrected chi connectivity index (χ2v) is 21.8. The molecule has 0 spiro atoms. The Morgan fingerprint density at radius 2 is 1.38 bits per heavy atom. The SMILES string of the molecule is COc1ccc(C(OC[C@H]2O[C@@H](n3cc(C#Cc4ccc5ccc6cccc7ccc4c5c67)c4c(=O)[nH]c(NCC(C)C)nc43)C[C@@H]2OP(OCCC#N)N(C(C)C)C(C)C)(c2ccccc2)c2ccc(OC)cc2)cc1. The van der Waals surface area contributed by atoms with Crippen LogP contribution in [0.1, 0.15) is 88.4 Å². The second-order valence-electron chi connectivity index (χ2n) is 20.4. The van der Waals surface area contributed by atoms with E-state index >= 15 is 0 Å². The Balaban J connectivity index is 1.10. The number of methoxy groups -OCH3 is 2. The van der Waals surface area contributed by atoms with Crippen molar-refractivity contribution < 1.29 is 28.0 Å². The molecule has 1 unspecified atom stereocenters. The maximum Gasteiger partial charge on any atom is 0.263 e. The quantitative estimate of drug-likeness (QED) is 0.0247. The number of benzene rings is 7. The Morgan fingerprint density at radius 1 is 0.766 bits per heavy atom. The van der Waals surface area contributed by atoms with Gasteiger partial charge < -0.3 is 37.9 Å². The molecule has 2 aromatic heterocycles. The molecule has 77 heavy (non-hydrogen) atoms. The number of rotatable bonds is 20. The van der Waals surface area contributed by atoms with Crippen molar-refractivity contribution in [1.82, 2.24) is 19.2 Å². The van der Waals surface area contributed by atoms with Crippen molar-refractivity contribution in [3.8, 4) is 29.4 Å². The molecule has 1 aliphatic heterocycles. The van der Waals surface area contributed by atoms with E-state index in [1.807, 2.05) is 77.5 Å². The molecule has 0 aliphatic carbocycles. The highest BCUT2D eigenvalue weighted by molar-refractivity contribution is 7.44. The molecule has 3 heterocycles. The molecule has 0 amide bonds. The van der Waals surface area contributed by atoms with Crippen LogP contribution in [0.3, 0.4) is 0 Å². The highest BCUT2D eigenvalue weighted by Gasteiger charge is 2.45. The monoisotopic (exact) mass is 1050 g/mol. The summed E-state index contributed by atoms with van der Waals surface area (Å²) >= 11 is 0. The summed E-state index contributed by atoms with van der Waals surface area (Å²) in [5.74, 6) is 8.98. The average molecular weight is 1050 g/mol. The lowest BCUT2D eigenvalue weighted by molar-refractivity contribution is -0.0911. The van der Waals surface area contributed by atoms with Crippen molar-refractivity contribution in [2.45, 2.75) is 90.5 Å². The zero-order valence-electron chi connectivity index (χ0n) is 44.9. The number of fused-ring (bicyclic) bond motifs is 1. The van der Waals surface area contributed by atoms with Crippen LogP contribution in [0, 0.1) is 29.1 Å². The minimum absolute atomic E-state index is 0.0440. The van der Waals surface area contributed by atoms with Gasteiger partial charge in [-0.1, -0.05) is 129 Å². The lowest BCUT2D eigenvalue weighted by atomic mass is 9.80. The fraction of sp³-hybridized carbons (Fsp3) is 0.317. The fourth-order valence-corrected chi connectivity index (χ4v) is 12.4. The molecule has 1 fully saturated rings. The van der Waals surface area contributed by atoms with Gasteiger partial charge in [-0.25, -0.2) is 4.67 Å². The summed E-state index contributed by atoms with van der Waals surface area (Å²) in [5.41, 5.74) is 2.90. The molecule has 394 valence electrons. The normalized spacial score (nSPS) is 16.3. The number of aromatic nitrogens is 3. The van der Waals surface area contributed by atoms with Gasteiger partial charge in [-0.2, -0.15) is 10.2 Å². The van der Waals surface area contributed by atoms with Gasteiger partial charge in [0.15, 0.2) is 5.65 Å². The molecular weight excluding hydrogens is 984 g/mol. The molecule has 14 heteroatoms. The lowest BCUT2D eigenvalue weighted by Crippen LogP contribution is -2.39. The van der Waals surface area contributed by atoms with Gasteiger partial charge in [0, 0.05) is 36.8 Å². The highest BCUT2D eigenvalue weighted by atomic mass is 31.2. The van der Waals surface area contributed by atoms with E-state index in [0.29, 0.717) is 47.0 Å². The molecule has 7 aromatic carbocycles. The van der Waals surface area contributed by atoms with Gasteiger partial charge in [0.25, 0.3) is 14.1 Å². The van der Waals surface area contributed by atoms with Crippen molar-refractivity contribution >= 4 is 57.8 Å². The first-order valence-corrected chi connectivity index (χ1v) is 27.5. The van der Waals surface area contributed by atoms with Gasteiger partial charge in [0.05, 0.1) is 57.0 Å². The van der Waals surface area contributed by atoms with Gasteiger partial charge in [-0.15, -0.1) is 0 Å². The van der Waals surface area contributed by atoms with Crippen molar-refractivity contribution in [3.63, 3.8) is 0 Å². The van der Waals surface area contributed by atoms with Crippen LogP contribution in [0.4, 0.5) is 5.95 Å². The predicted molar refractivity (Wildman–Crippen MR) is 307 cm³/mol. The Morgan fingerprint density at radius 3 is 2.00 bits per heavy atom. The summed E-state index contributed by atoms with van der Waals surface area (Å²) in [6, 6.07) is 47.5. The summed E-state index contributed by atoms with van der Waals surface area (Å²) in [7, 11) is 1.57. The minimum atomic E-state index is -1.73. The van der Waals surface area contributed by atoms with E-state index < -0.39 is 32.6 Å². The third kappa shape index (κ3) is 10.7. The predicted octanol–water partition coefficient (Wildman–Crippen LogP) is 13.1. The van der Waals surface area contributed by atoms with Gasteiger partial charge in [0.2, 0.25) is 5.95 Å². The lowest BCUT2D eigenvalue weighted by Gasteiger charge is -2.39. The van der Waals surface area contributed by atoms with Gasteiger partial charge in [0.1, 0.15) is 29.4 Å². The number of ether oxygens (including phenoxy) is 4. The molecule has 0 radical (unpaired) electrons. The molecule has 1 aliphatic rings. The summed E-state index contributed by atoms with van der Waals surface area (Å²) in [6.45, 7) is 13.5. The van der Waals surface area contributed by atoms with Crippen LogP contribution in [-0.4, -0.2) is 77.5 Å². The van der Waals surface area contributed by atoms with E-state index in [1.54, 1.807) is 14.2 Å². The maximum absolute atomic E-state index is 14.5. The number of nitrogens with one attached hydrogen (secondary N) is 2. The first-order chi connectivity index (χ1) is 37.4. The highest BCUT2D eigenvalue weighted by Crippen LogP contribution is 2.51. The van der Waals surface area contributed by atoms with Crippen molar-refractivity contribution in [2.75, 3.05) is 39.3 Å². The minimum Gasteiger partial charge on any atom is -0.497 e. The Kier molecular flexibility index (Phi) is 15.9. The molecule has 0 bridgehead atoms. The van der Waals surface area contributed by atoms with Crippen molar-refractivity contribution in [2.24, 2.45) is 5.92 Å². The third-order valence-corrected chi connectivity index (χ3v) is 16.4. The number of nitrogens with zero attached hydrogens (tertiary/aromatic N) is 4. The Hall–Kier alpha value is -7.32. The average Bonchev–Trinajstić information content (AvgIpc) is 4.14. The zero-order valence-corrected chi connectivity index (χ0v) is 45.8. The van der Waals surface area contributed by atoms with E-state index in [0.717, 1.165) is 38.4 Å². The topological polar surface area (TPSA) is 145 Å². The molecule has 10 rings (SSSR count). The van der Waals surface area contributed by atoms with E-state index in [-0.39, 0.29) is 43.2 Å². The molecule has 13 nitrogen and oxygen atoms in total. The van der Waals surface area contributed by atoms with E-state index in [2.05, 4.69) is 141 Å². The van der Waals surface area contributed by atoms with Crippen LogP contribution in [-0.2, 0) is 24.1 Å². The van der Waals surface area contributed by atoms with Crippen LogP contribution in [0.15, 0.2) is 144 Å². The molecule has 0 saturated carbocycles. The number of aromatic amines is 1. The number of hydrogen-bond donors (Lipinski definition) is 2. The molecule has 4 atom stereocenters. The second kappa shape index (κ2) is 23.1. The molecule has 9 aromatic rings. The van der Waals surface area contributed by atoms with Gasteiger partial charge in [-0.05, 0) is 113 Å². The number of hydrogen-bond acceptors (Lipinski definition) is 11. The summed E-state index contributed by atoms with van der Waals surface area (Å²) in [4.78, 5) is 22.6. The first kappa shape index (κ1) is 53.1. The standard InChI is InChI=1S/C63H65N6O7P/c1-40(2)37-65-62-66-60-59(61(70)67-62)47(23-19-43-18-20-46-22-21-44-14-12-15-45-24-33-53(43)58(46)57(44)45)38-68(60)56-36-54(76-77(74-35-13-34-64)69(41(3)4)42(5)6)55(75-56)39-73-63(48-16-10-9-11-17-48,49-25-29-51(71-7)30-26-49)50-27-31-52(72-8)32-28-50/h9-12,14-18,20-22,24-33,38,40-42,54-56H,13,35-37,39H2,1-8H3,(H2,65,66,67,70)/t54-,55+,56+,77?/m0/s1. The smallest absolute Gasteiger partial charge is 0.263 e. The Labute approximate surface area is 451 Å². The van der Waals surface area contributed by atoms with Crippen molar-refractivity contribution in [1.29, 1.82) is 5.26 Å². The Bertz CT molecular complexity index is 3580. The third-order valence-electron chi connectivity index (χ3n) is 14.2. The van der Waals surface area contributed by atoms with Crippen LogP contribution in [0.25, 0.3) is 43.4 Å². The number of anilines is 1. The van der Waals surface area contributed by atoms with Crippen LogP contribution < -0.4 is 20.3 Å². The van der Waals surface area contributed by atoms with E-state index in [4.69, 9.17) is 33.0 Å². The summed E-state index contributed by atoms with van der Waals surface area (Å²) in [5, 5.41) is 20.2. The number of H-pyrrole nitrogens is 1.